The van der Waals surface area contributed by atoms with E-state index in [1.807, 2.05) is 18.2 Å². The van der Waals surface area contributed by atoms with Crippen molar-refractivity contribution in [2.24, 2.45) is 0 Å². The second kappa shape index (κ2) is 6.86. The second-order valence-corrected chi connectivity index (χ2v) is 7.69. The highest BCUT2D eigenvalue weighted by molar-refractivity contribution is 7.89. The van der Waals surface area contributed by atoms with Gasteiger partial charge < -0.3 is 4.42 Å². The molecule has 0 aliphatic carbocycles. The lowest BCUT2D eigenvalue weighted by Gasteiger charge is -2.32. The van der Waals surface area contributed by atoms with Gasteiger partial charge in [0.05, 0.1) is 0 Å². The molecule has 124 valence electrons. The summed E-state index contributed by atoms with van der Waals surface area (Å²) in [6, 6.07) is 13.3. The van der Waals surface area contributed by atoms with Crippen LogP contribution in [0.1, 0.15) is 24.2 Å². The lowest BCUT2D eigenvalue weighted by atomic mass is 10.1. The van der Waals surface area contributed by atoms with Crippen molar-refractivity contribution < 1.29 is 12.8 Å². The molecule has 1 aromatic carbocycles. The van der Waals surface area contributed by atoms with Gasteiger partial charge >= 0.3 is 0 Å². The summed E-state index contributed by atoms with van der Waals surface area (Å²) in [6.07, 6.45) is 1.83. The molecule has 1 unspecified atom stereocenters. The van der Waals surface area contributed by atoms with E-state index in [0.29, 0.717) is 12.3 Å². The van der Waals surface area contributed by atoms with Crippen LogP contribution in [-0.2, 0) is 16.6 Å². The van der Waals surface area contributed by atoms with E-state index in [2.05, 4.69) is 21.8 Å². The first-order chi connectivity index (χ1) is 11.0. The van der Waals surface area contributed by atoms with Crippen LogP contribution in [0.5, 0.6) is 0 Å². The van der Waals surface area contributed by atoms with Crippen molar-refractivity contribution in [1.29, 1.82) is 0 Å². The zero-order valence-electron chi connectivity index (χ0n) is 13.2. The first kappa shape index (κ1) is 16.2. The van der Waals surface area contributed by atoms with Crippen molar-refractivity contribution in [1.82, 2.24) is 9.62 Å². The SMILES string of the molecule is Cc1ccc(S(=O)(=O)NC2CCCN(Cc3ccccc3)C2)o1. The largest absolute Gasteiger partial charge is 0.449 e. The summed E-state index contributed by atoms with van der Waals surface area (Å²) in [6.45, 7) is 4.29. The molecule has 0 bridgehead atoms. The van der Waals surface area contributed by atoms with Gasteiger partial charge in [0.1, 0.15) is 5.76 Å². The lowest BCUT2D eigenvalue weighted by Crippen LogP contribution is -2.47. The maximum Gasteiger partial charge on any atom is 0.274 e. The van der Waals surface area contributed by atoms with Gasteiger partial charge in [-0.25, -0.2) is 13.1 Å². The third-order valence-electron chi connectivity index (χ3n) is 4.06. The predicted molar refractivity (Wildman–Crippen MR) is 88.5 cm³/mol. The van der Waals surface area contributed by atoms with Crippen LogP contribution in [0, 0.1) is 6.92 Å². The third-order valence-corrected chi connectivity index (χ3v) is 5.45. The van der Waals surface area contributed by atoms with E-state index in [9.17, 15) is 8.42 Å². The summed E-state index contributed by atoms with van der Waals surface area (Å²) in [4.78, 5) is 2.29. The van der Waals surface area contributed by atoms with Crippen molar-refractivity contribution in [3.05, 3.63) is 53.8 Å². The van der Waals surface area contributed by atoms with E-state index in [1.54, 1.807) is 13.0 Å². The van der Waals surface area contributed by atoms with E-state index in [1.165, 1.54) is 11.6 Å². The Morgan fingerprint density at radius 1 is 1.22 bits per heavy atom. The van der Waals surface area contributed by atoms with E-state index < -0.39 is 10.0 Å². The topological polar surface area (TPSA) is 62.6 Å². The number of benzene rings is 1. The Bertz CT molecular complexity index is 740. The van der Waals surface area contributed by atoms with E-state index in [-0.39, 0.29) is 11.1 Å². The minimum atomic E-state index is -3.58. The molecule has 0 radical (unpaired) electrons. The zero-order valence-corrected chi connectivity index (χ0v) is 14.1. The maximum absolute atomic E-state index is 12.4. The Balaban J connectivity index is 1.62. The van der Waals surface area contributed by atoms with Crippen LogP contribution >= 0.6 is 0 Å². The number of aryl methyl sites for hydroxylation is 1. The van der Waals surface area contributed by atoms with Crippen molar-refractivity contribution >= 4 is 10.0 Å². The molecule has 1 N–H and O–H groups in total. The van der Waals surface area contributed by atoms with Gasteiger partial charge in [0, 0.05) is 19.1 Å². The normalized spacial score (nSPS) is 19.8. The molecule has 6 heteroatoms. The predicted octanol–water partition coefficient (Wildman–Crippen LogP) is 2.53. The van der Waals surface area contributed by atoms with Crippen LogP contribution < -0.4 is 4.72 Å². The Morgan fingerprint density at radius 2 is 2.00 bits per heavy atom. The van der Waals surface area contributed by atoms with Gasteiger partial charge in [-0.05, 0) is 44.0 Å². The van der Waals surface area contributed by atoms with E-state index >= 15 is 0 Å². The molecule has 1 atom stereocenters. The Morgan fingerprint density at radius 3 is 2.70 bits per heavy atom. The van der Waals surface area contributed by atoms with Gasteiger partial charge in [-0.15, -0.1) is 0 Å². The first-order valence-corrected chi connectivity index (χ1v) is 9.36. The van der Waals surface area contributed by atoms with Crippen molar-refractivity contribution in [3.8, 4) is 0 Å². The monoisotopic (exact) mass is 334 g/mol. The van der Waals surface area contributed by atoms with Crippen molar-refractivity contribution in [3.63, 3.8) is 0 Å². The summed E-state index contributed by atoms with van der Waals surface area (Å²) in [5.41, 5.74) is 1.25. The van der Waals surface area contributed by atoms with Gasteiger partial charge in [0.2, 0.25) is 5.09 Å². The average molecular weight is 334 g/mol. The average Bonchev–Trinajstić information content (AvgIpc) is 2.96. The zero-order chi connectivity index (χ0) is 16.3. The highest BCUT2D eigenvalue weighted by atomic mass is 32.2. The molecule has 0 saturated carbocycles. The van der Waals surface area contributed by atoms with Crippen LogP contribution in [0.4, 0.5) is 0 Å². The fraction of sp³-hybridized carbons (Fsp3) is 0.412. The molecule has 0 spiro atoms. The lowest BCUT2D eigenvalue weighted by molar-refractivity contribution is 0.194. The molecule has 1 fully saturated rings. The first-order valence-electron chi connectivity index (χ1n) is 7.88. The molecule has 0 amide bonds. The highest BCUT2D eigenvalue weighted by Gasteiger charge is 2.26. The maximum atomic E-state index is 12.4. The fourth-order valence-corrected chi connectivity index (χ4v) is 4.21. The number of hydrogen-bond donors (Lipinski definition) is 1. The van der Waals surface area contributed by atoms with Crippen molar-refractivity contribution in [2.45, 2.75) is 37.4 Å². The number of rotatable bonds is 5. The minimum Gasteiger partial charge on any atom is -0.449 e. The minimum absolute atomic E-state index is 0.00446. The molecular weight excluding hydrogens is 312 g/mol. The summed E-state index contributed by atoms with van der Waals surface area (Å²) in [7, 11) is -3.58. The Hall–Kier alpha value is -1.63. The molecule has 3 rings (SSSR count). The van der Waals surface area contributed by atoms with Crippen LogP contribution in [0.15, 0.2) is 52.0 Å². The van der Waals surface area contributed by atoms with Gasteiger partial charge in [0.25, 0.3) is 10.0 Å². The molecule has 23 heavy (non-hydrogen) atoms. The second-order valence-electron chi connectivity index (χ2n) is 6.05. The number of piperidine rings is 1. The van der Waals surface area contributed by atoms with Crippen LogP contribution in [-0.4, -0.2) is 32.4 Å². The number of sulfonamides is 1. The van der Waals surface area contributed by atoms with Gasteiger partial charge in [-0.3, -0.25) is 4.90 Å². The van der Waals surface area contributed by atoms with E-state index in [4.69, 9.17) is 4.42 Å². The molecular formula is C17H22N2O3S. The number of nitrogens with zero attached hydrogens (tertiary/aromatic N) is 1. The number of hydrogen-bond acceptors (Lipinski definition) is 4. The van der Waals surface area contributed by atoms with Gasteiger partial charge in [-0.2, -0.15) is 0 Å². The van der Waals surface area contributed by atoms with E-state index in [0.717, 1.165) is 25.9 Å². The Labute approximate surface area is 137 Å². The standard InChI is InChI=1S/C17H22N2O3S/c1-14-9-10-17(22-14)23(20,21)18-16-8-5-11-19(13-16)12-15-6-3-2-4-7-15/h2-4,6-7,9-10,16,18H,5,8,11-13H2,1H3. The fourth-order valence-electron chi connectivity index (χ4n) is 2.97. The summed E-state index contributed by atoms with van der Waals surface area (Å²) >= 11 is 0. The molecule has 1 aromatic heterocycles. The molecule has 1 aliphatic heterocycles. The molecule has 1 aliphatic rings. The van der Waals surface area contributed by atoms with Crippen LogP contribution in [0.25, 0.3) is 0 Å². The molecule has 2 heterocycles. The van der Waals surface area contributed by atoms with Gasteiger partial charge in [0.15, 0.2) is 0 Å². The van der Waals surface area contributed by atoms with Gasteiger partial charge in [-0.1, -0.05) is 30.3 Å². The third kappa shape index (κ3) is 4.22. The summed E-state index contributed by atoms with van der Waals surface area (Å²) in [5, 5.41) is -0.00446. The Kier molecular flexibility index (Phi) is 4.84. The van der Waals surface area contributed by atoms with Crippen LogP contribution in [0.2, 0.25) is 0 Å². The molecule has 2 aromatic rings. The number of likely N-dealkylation sites (tertiary alicyclic amines) is 1. The van der Waals surface area contributed by atoms with Crippen molar-refractivity contribution in [2.75, 3.05) is 13.1 Å². The smallest absolute Gasteiger partial charge is 0.274 e. The molecule has 1 saturated heterocycles. The summed E-state index contributed by atoms with van der Waals surface area (Å²) in [5.74, 6) is 0.597. The summed E-state index contributed by atoms with van der Waals surface area (Å²) < 4.78 is 32.7. The molecule has 5 nitrogen and oxygen atoms in total. The van der Waals surface area contributed by atoms with Crippen LogP contribution in [0.3, 0.4) is 0 Å². The number of nitrogens with one attached hydrogen (secondary N) is 1. The number of furan rings is 1. The highest BCUT2D eigenvalue weighted by Crippen LogP contribution is 2.18. The quantitative estimate of drug-likeness (QED) is 0.913.